The smallest absolute Gasteiger partial charge is 0.322 e. The number of hydrogen-bond acceptors (Lipinski definition) is 6. The van der Waals surface area contributed by atoms with Crippen molar-refractivity contribution < 1.29 is 4.74 Å². The lowest BCUT2D eigenvalue weighted by Crippen LogP contribution is -2.50. The number of methoxy groups -OCH3 is 1. The summed E-state index contributed by atoms with van der Waals surface area (Å²) in [6.07, 6.45) is 0. The largest absolute Gasteiger partial charge is 0.467 e. The minimum Gasteiger partial charge on any atom is -0.467 e. The van der Waals surface area contributed by atoms with Crippen molar-refractivity contribution in [1.82, 2.24) is 20.3 Å². The second kappa shape index (κ2) is 4.80. The Balaban J connectivity index is 2.27. The molecule has 0 saturated carbocycles. The molecular weight excluding hydrogens is 230 g/mol. The predicted molar refractivity (Wildman–Crippen MR) is 61.1 cm³/mol. The lowest BCUT2D eigenvalue weighted by atomic mass is 10.2. The zero-order valence-electron chi connectivity index (χ0n) is 9.27. The highest BCUT2D eigenvalue weighted by Crippen LogP contribution is 2.17. The van der Waals surface area contributed by atoms with Crippen molar-refractivity contribution in [3.8, 4) is 6.01 Å². The van der Waals surface area contributed by atoms with Gasteiger partial charge in [-0.15, -0.1) is 0 Å². The maximum atomic E-state index is 5.81. The number of piperazine rings is 1. The topological polar surface area (TPSA) is 63.2 Å². The Labute approximate surface area is 99.0 Å². The molecule has 0 bridgehead atoms. The van der Waals surface area contributed by atoms with Gasteiger partial charge in [-0.1, -0.05) is 0 Å². The normalized spacial score (nSPS) is 20.9. The van der Waals surface area contributed by atoms with Crippen molar-refractivity contribution in [3.05, 3.63) is 5.28 Å². The highest BCUT2D eigenvalue weighted by atomic mass is 35.5. The molecule has 0 amide bonds. The molecule has 1 atom stereocenters. The third-order valence-electron chi connectivity index (χ3n) is 2.52. The van der Waals surface area contributed by atoms with E-state index < -0.39 is 0 Å². The van der Waals surface area contributed by atoms with Crippen molar-refractivity contribution in [2.24, 2.45) is 0 Å². The predicted octanol–water partition coefficient (Wildman–Crippen LogP) is 0.332. The summed E-state index contributed by atoms with van der Waals surface area (Å²) in [6, 6.07) is 0.581. The van der Waals surface area contributed by atoms with Gasteiger partial charge < -0.3 is 15.0 Å². The van der Waals surface area contributed by atoms with Gasteiger partial charge in [-0.05, 0) is 18.5 Å². The van der Waals surface area contributed by atoms with Crippen LogP contribution in [-0.2, 0) is 0 Å². The fourth-order valence-electron chi connectivity index (χ4n) is 1.68. The molecule has 0 radical (unpaired) electrons. The van der Waals surface area contributed by atoms with E-state index in [9.17, 15) is 0 Å². The van der Waals surface area contributed by atoms with Crippen molar-refractivity contribution in [1.29, 1.82) is 0 Å². The molecule has 1 fully saturated rings. The van der Waals surface area contributed by atoms with Crippen LogP contribution in [-0.4, -0.2) is 47.7 Å². The van der Waals surface area contributed by atoms with E-state index in [2.05, 4.69) is 32.1 Å². The Bertz CT molecular complexity index is 375. The third-order valence-corrected chi connectivity index (χ3v) is 2.69. The molecule has 88 valence electrons. The summed E-state index contributed by atoms with van der Waals surface area (Å²) in [5.41, 5.74) is 0. The molecule has 1 N–H and O–H groups in total. The summed E-state index contributed by atoms with van der Waals surface area (Å²) in [7, 11) is 1.51. The Morgan fingerprint density at radius 1 is 1.44 bits per heavy atom. The number of halogens is 1. The van der Waals surface area contributed by atoms with Gasteiger partial charge in [-0.3, -0.25) is 0 Å². The molecule has 0 aromatic carbocycles. The Morgan fingerprint density at radius 2 is 2.25 bits per heavy atom. The molecular formula is C9H14ClN5O. The lowest BCUT2D eigenvalue weighted by Gasteiger charge is -2.33. The molecule has 2 heterocycles. The molecule has 1 aliphatic heterocycles. The van der Waals surface area contributed by atoms with Gasteiger partial charge in [0, 0.05) is 25.7 Å². The van der Waals surface area contributed by atoms with E-state index in [0.717, 1.165) is 19.6 Å². The molecule has 1 aliphatic rings. The van der Waals surface area contributed by atoms with Gasteiger partial charge in [0.15, 0.2) is 0 Å². The SMILES string of the molecule is COc1nc(Cl)nc(N2CCNCC2C)n1. The van der Waals surface area contributed by atoms with Crippen LogP contribution in [0.5, 0.6) is 6.01 Å². The first kappa shape index (κ1) is 11.3. The maximum Gasteiger partial charge on any atom is 0.322 e. The van der Waals surface area contributed by atoms with Gasteiger partial charge in [0.25, 0.3) is 0 Å². The number of anilines is 1. The van der Waals surface area contributed by atoms with Crippen LogP contribution in [0.1, 0.15) is 6.92 Å². The number of ether oxygens (including phenoxy) is 1. The lowest BCUT2D eigenvalue weighted by molar-refractivity contribution is 0.376. The second-order valence-electron chi connectivity index (χ2n) is 3.64. The molecule has 7 heteroatoms. The van der Waals surface area contributed by atoms with E-state index in [1.807, 2.05) is 0 Å². The Morgan fingerprint density at radius 3 is 2.94 bits per heavy atom. The molecule has 0 aliphatic carbocycles. The summed E-state index contributed by atoms with van der Waals surface area (Å²) >= 11 is 5.81. The molecule has 6 nitrogen and oxygen atoms in total. The Hall–Kier alpha value is -1.14. The highest BCUT2D eigenvalue weighted by Gasteiger charge is 2.21. The van der Waals surface area contributed by atoms with E-state index in [0.29, 0.717) is 12.0 Å². The van der Waals surface area contributed by atoms with E-state index >= 15 is 0 Å². The molecule has 1 saturated heterocycles. The maximum absolute atomic E-state index is 5.81. The van der Waals surface area contributed by atoms with Gasteiger partial charge in [0.1, 0.15) is 0 Å². The fraction of sp³-hybridized carbons (Fsp3) is 0.667. The van der Waals surface area contributed by atoms with Crippen LogP contribution in [0.25, 0.3) is 0 Å². The third kappa shape index (κ3) is 2.33. The summed E-state index contributed by atoms with van der Waals surface area (Å²) in [4.78, 5) is 14.3. The Kier molecular flexibility index (Phi) is 3.40. The minimum atomic E-state index is 0.160. The number of nitrogens with one attached hydrogen (secondary N) is 1. The fourth-order valence-corrected chi connectivity index (χ4v) is 1.83. The average Bonchev–Trinajstić information content (AvgIpc) is 2.28. The zero-order chi connectivity index (χ0) is 11.5. The van der Waals surface area contributed by atoms with E-state index in [-0.39, 0.29) is 11.3 Å². The van der Waals surface area contributed by atoms with Gasteiger partial charge in [-0.25, -0.2) is 0 Å². The first-order chi connectivity index (χ1) is 7.70. The van der Waals surface area contributed by atoms with Gasteiger partial charge in [-0.2, -0.15) is 15.0 Å². The minimum absolute atomic E-state index is 0.160. The van der Waals surface area contributed by atoms with Crippen LogP contribution in [0.15, 0.2) is 0 Å². The van der Waals surface area contributed by atoms with Crippen molar-refractivity contribution in [2.45, 2.75) is 13.0 Å². The first-order valence-electron chi connectivity index (χ1n) is 5.13. The van der Waals surface area contributed by atoms with Crippen LogP contribution in [0, 0.1) is 0 Å². The molecule has 16 heavy (non-hydrogen) atoms. The zero-order valence-corrected chi connectivity index (χ0v) is 10.0. The molecule has 1 unspecified atom stereocenters. The molecule has 1 aromatic heterocycles. The number of rotatable bonds is 2. The van der Waals surface area contributed by atoms with Gasteiger partial charge >= 0.3 is 6.01 Å². The van der Waals surface area contributed by atoms with E-state index in [1.165, 1.54) is 7.11 Å². The van der Waals surface area contributed by atoms with Crippen molar-refractivity contribution >= 4 is 17.5 Å². The van der Waals surface area contributed by atoms with Crippen LogP contribution in [0.2, 0.25) is 5.28 Å². The van der Waals surface area contributed by atoms with Crippen LogP contribution in [0.3, 0.4) is 0 Å². The van der Waals surface area contributed by atoms with Crippen LogP contribution >= 0.6 is 11.6 Å². The highest BCUT2D eigenvalue weighted by molar-refractivity contribution is 6.28. The first-order valence-corrected chi connectivity index (χ1v) is 5.51. The average molecular weight is 244 g/mol. The number of aromatic nitrogens is 3. The van der Waals surface area contributed by atoms with Crippen LogP contribution < -0.4 is 15.0 Å². The molecule has 2 rings (SSSR count). The molecule has 1 aromatic rings. The van der Waals surface area contributed by atoms with Crippen molar-refractivity contribution in [2.75, 3.05) is 31.6 Å². The van der Waals surface area contributed by atoms with Crippen molar-refractivity contribution in [3.63, 3.8) is 0 Å². The summed E-state index contributed by atoms with van der Waals surface area (Å²) in [5.74, 6) is 0.575. The summed E-state index contributed by atoms with van der Waals surface area (Å²) in [5, 5.41) is 3.46. The van der Waals surface area contributed by atoms with Gasteiger partial charge in [0.05, 0.1) is 7.11 Å². The second-order valence-corrected chi connectivity index (χ2v) is 3.98. The quantitative estimate of drug-likeness (QED) is 0.808. The van der Waals surface area contributed by atoms with E-state index in [1.54, 1.807) is 0 Å². The number of hydrogen-bond donors (Lipinski definition) is 1. The van der Waals surface area contributed by atoms with Gasteiger partial charge in [0.2, 0.25) is 11.2 Å². The standard InChI is InChI=1S/C9H14ClN5O/c1-6-5-11-3-4-15(6)8-12-7(10)13-9(14-8)16-2/h6,11H,3-5H2,1-2H3. The number of nitrogens with zero attached hydrogens (tertiary/aromatic N) is 4. The molecule has 0 spiro atoms. The summed E-state index contributed by atoms with van der Waals surface area (Å²) in [6.45, 7) is 4.78. The van der Waals surface area contributed by atoms with Crippen LogP contribution in [0.4, 0.5) is 5.95 Å². The monoisotopic (exact) mass is 243 g/mol. The van der Waals surface area contributed by atoms with E-state index in [4.69, 9.17) is 16.3 Å². The summed E-state index contributed by atoms with van der Waals surface area (Å²) < 4.78 is 4.97.